The van der Waals surface area contributed by atoms with Crippen LogP contribution in [0.25, 0.3) is 0 Å². The molecule has 1 rings (SSSR count). The molecular formula is C9H14F3NO3. The normalized spacial score (nSPS) is 26.7. The summed E-state index contributed by atoms with van der Waals surface area (Å²) in [5.41, 5.74) is 0. The first-order chi connectivity index (χ1) is 7.28. The van der Waals surface area contributed by atoms with Gasteiger partial charge < -0.3 is 14.4 Å². The fraction of sp³-hybridized carbons (Fsp3) is 0.889. The van der Waals surface area contributed by atoms with E-state index in [4.69, 9.17) is 4.74 Å². The van der Waals surface area contributed by atoms with Gasteiger partial charge >= 0.3 is 12.3 Å². The zero-order valence-corrected chi connectivity index (χ0v) is 9.08. The molecular weight excluding hydrogens is 227 g/mol. The van der Waals surface area contributed by atoms with Crippen LogP contribution in [0.3, 0.4) is 0 Å². The first-order valence-electron chi connectivity index (χ1n) is 4.92. The molecule has 0 aromatic rings. The minimum Gasteiger partial charge on any atom is -0.440 e. The molecule has 1 amide bonds. The second kappa shape index (κ2) is 4.90. The Kier molecular flexibility index (Phi) is 4.01. The molecule has 1 heterocycles. The number of hydrogen-bond donors (Lipinski definition) is 0. The molecule has 1 aliphatic heterocycles. The van der Waals surface area contributed by atoms with Crippen molar-refractivity contribution in [1.29, 1.82) is 0 Å². The SMILES string of the molecule is CC1CN(C(=O)OCC(F)(F)F)CC(C)O1. The van der Waals surface area contributed by atoms with Crippen molar-refractivity contribution < 1.29 is 27.4 Å². The standard InChI is InChI=1S/C9H14F3NO3/c1-6-3-13(4-7(2)16-6)8(14)15-5-9(10,11)12/h6-7H,3-5H2,1-2H3. The third-order valence-corrected chi connectivity index (χ3v) is 2.04. The van der Waals surface area contributed by atoms with Crippen LogP contribution in [0.5, 0.6) is 0 Å². The largest absolute Gasteiger partial charge is 0.440 e. The Balaban J connectivity index is 2.41. The molecule has 1 saturated heterocycles. The molecule has 7 heteroatoms. The van der Waals surface area contributed by atoms with Crippen LogP contribution >= 0.6 is 0 Å². The zero-order chi connectivity index (χ0) is 12.3. The highest BCUT2D eigenvalue weighted by atomic mass is 19.4. The Labute approximate surface area is 91.3 Å². The van der Waals surface area contributed by atoms with E-state index in [0.29, 0.717) is 0 Å². The minimum atomic E-state index is -4.49. The number of nitrogens with zero attached hydrogens (tertiary/aromatic N) is 1. The van der Waals surface area contributed by atoms with Crippen molar-refractivity contribution in [2.24, 2.45) is 0 Å². The van der Waals surface area contributed by atoms with Gasteiger partial charge in [0.2, 0.25) is 0 Å². The van der Waals surface area contributed by atoms with Crippen LogP contribution in [0.4, 0.5) is 18.0 Å². The summed E-state index contributed by atoms with van der Waals surface area (Å²) in [5.74, 6) is 0. The number of carbonyl (C=O) groups excluding carboxylic acids is 1. The lowest BCUT2D eigenvalue weighted by molar-refractivity contribution is -0.164. The van der Waals surface area contributed by atoms with Crippen molar-refractivity contribution in [3.63, 3.8) is 0 Å². The smallest absolute Gasteiger partial charge is 0.422 e. The summed E-state index contributed by atoms with van der Waals surface area (Å²) < 4.78 is 44.9. The Bertz CT molecular complexity index is 247. The number of halogens is 3. The molecule has 1 aliphatic rings. The zero-order valence-electron chi connectivity index (χ0n) is 9.08. The molecule has 0 bridgehead atoms. The van der Waals surface area contributed by atoms with Gasteiger partial charge in [-0.15, -0.1) is 0 Å². The number of carbonyl (C=O) groups is 1. The van der Waals surface area contributed by atoms with Gasteiger partial charge in [-0.05, 0) is 13.8 Å². The maximum absolute atomic E-state index is 11.8. The maximum atomic E-state index is 11.8. The van der Waals surface area contributed by atoms with E-state index < -0.39 is 18.9 Å². The molecule has 2 unspecified atom stereocenters. The molecule has 0 saturated carbocycles. The number of ether oxygens (including phenoxy) is 2. The quantitative estimate of drug-likeness (QED) is 0.702. The van der Waals surface area contributed by atoms with Gasteiger partial charge in [0.05, 0.1) is 25.3 Å². The molecule has 2 atom stereocenters. The van der Waals surface area contributed by atoms with Gasteiger partial charge in [0, 0.05) is 0 Å². The second-order valence-electron chi connectivity index (χ2n) is 3.83. The van der Waals surface area contributed by atoms with Crippen molar-refractivity contribution in [1.82, 2.24) is 4.90 Å². The number of alkyl halides is 3. The topological polar surface area (TPSA) is 38.8 Å². The average Bonchev–Trinajstić information content (AvgIpc) is 2.11. The van der Waals surface area contributed by atoms with E-state index in [1.165, 1.54) is 4.90 Å². The van der Waals surface area contributed by atoms with Crippen molar-refractivity contribution >= 4 is 6.09 Å². The lowest BCUT2D eigenvalue weighted by Crippen LogP contribution is -2.48. The van der Waals surface area contributed by atoms with Crippen LogP contribution in [0.1, 0.15) is 13.8 Å². The fourth-order valence-electron chi connectivity index (χ4n) is 1.56. The molecule has 0 aliphatic carbocycles. The van der Waals surface area contributed by atoms with Gasteiger partial charge in [-0.25, -0.2) is 4.79 Å². The van der Waals surface area contributed by atoms with Crippen molar-refractivity contribution in [3.8, 4) is 0 Å². The Morgan fingerprint density at radius 3 is 2.31 bits per heavy atom. The van der Waals surface area contributed by atoms with E-state index in [1.807, 2.05) is 0 Å². The first kappa shape index (κ1) is 13.1. The molecule has 0 aromatic carbocycles. The molecule has 16 heavy (non-hydrogen) atoms. The third-order valence-electron chi connectivity index (χ3n) is 2.04. The van der Waals surface area contributed by atoms with Crippen LogP contribution in [-0.2, 0) is 9.47 Å². The van der Waals surface area contributed by atoms with Gasteiger partial charge in [-0.2, -0.15) is 13.2 Å². The molecule has 0 radical (unpaired) electrons. The predicted molar refractivity (Wildman–Crippen MR) is 49.0 cm³/mol. The van der Waals surface area contributed by atoms with Crippen LogP contribution in [-0.4, -0.2) is 49.1 Å². The predicted octanol–water partition coefficient (Wildman–Crippen LogP) is 1.79. The molecule has 0 aromatic heterocycles. The highest BCUT2D eigenvalue weighted by Crippen LogP contribution is 2.16. The summed E-state index contributed by atoms with van der Waals surface area (Å²) in [6, 6.07) is 0. The van der Waals surface area contributed by atoms with Gasteiger partial charge in [0.1, 0.15) is 0 Å². The Morgan fingerprint density at radius 1 is 1.38 bits per heavy atom. The van der Waals surface area contributed by atoms with Gasteiger partial charge in [0.25, 0.3) is 0 Å². The van der Waals surface area contributed by atoms with Gasteiger partial charge in [0.15, 0.2) is 6.61 Å². The summed E-state index contributed by atoms with van der Waals surface area (Å²) in [7, 11) is 0. The van der Waals surface area contributed by atoms with E-state index in [9.17, 15) is 18.0 Å². The number of rotatable bonds is 1. The first-order valence-corrected chi connectivity index (χ1v) is 4.92. The summed E-state index contributed by atoms with van der Waals surface area (Å²) in [6.45, 7) is 2.45. The lowest BCUT2D eigenvalue weighted by Gasteiger charge is -2.34. The number of morpholine rings is 1. The fourth-order valence-corrected chi connectivity index (χ4v) is 1.56. The van der Waals surface area contributed by atoms with E-state index in [2.05, 4.69) is 4.74 Å². The summed E-state index contributed by atoms with van der Waals surface area (Å²) >= 11 is 0. The molecule has 94 valence electrons. The lowest BCUT2D eigenvalue weighted by atomic mass is 10.2. The summed E-state index contributed by atoms with van der Waals surface area (Å²) in [5, 5.41) is 0. The van der Waals surface area contributed by atoms with Crippen LogP contribution < -0.4 is 0 Å². The minimum absolute atomic E-state index is 0.192. The van der Waals surface area contributed by atoms with Crippen LogP contribution in [0.15, 0.2) is 0 Å². The van der Waals surface area contributed by atoms with Gasteiger partial charge in [-0.3, -0.25) is 0 Å². The highest BCUT2D eigenvalue weighted by molar-refractivity contribution is 5.67. The second-order valence-corrected chi connectivity index (χ2v) is 3.83. The number of hydrogen-bond acceptors (Lipinski definition) is 3. The Morgan fingerprint density at radius 2 is 1.88 bits per heavy atom. The van der Waals surface area contributed by atoms with Crippen molar-refractivity contribution in [2.75, 3.05) is 19.7 Å². The molecule has 0 N–H and O–H groups in total. The van der Waals surface area contributed by atoms with Crippen molar-refractivity contribution in [2.45, 2.75) is 32.2 Å². The van der Waals surface area contributed by atoms with E-state index >= 15 is 0 Å². The van der Waals surface area contributed by atoms with E-state index in [1.54, 1.807) is 13.8 Å². The summed E-state index contributed by atoms with van der Waals surface area (Å²) in [6.07, 6.45) is -5.82. The monoisotopic (exact) mass is 241 g/mol. The van der Waals surface area contributed by atoms with E-state index in [0.717, 1.165) is 0 Å². The highest BCUT2D eigenvalue weighted by Gasteiger charge is 2.32. The Hall–Kier alpha value is -0.980. The third kappa shape index (κ3) is 4.26. The maximum Gasteiger partial charge on any atom is 0.422 e. The van der Waals surface area contributed by atoms with Crippen molar-refractivity contribution in [3.05, 3.63) is 0 Å². The van der Waals surface area contributed by atoms with Crippen LogP contribution in [0.2, 0.25) is 0 Å². The summed E-state index contributed by atoms with van der Waals surface area (Å²) in [4.78, 5) is 12.5. The molecule has 0 spiro atoms. The average molecular weight is 241 g/mol. The number of amides is 1. The molecule has 1 fully saturated rings. The van der Waals surface area contributed by atoms with Crippen LogP contribution in [0, 0.1) is 0 Å². The van der Waals surface area contributed by atoms with Gasteiger partial charge in [-0.1, -0.05) is 0 Å². The molecule has 4 nitrogen and oxygen atoms in total. The van der Waals surface area contributed by atoms with E-state index in [-0.39, 0.29) is 25.3 Å².